The summed E-state index contributed by atoms with van der Waals surface area (Å²) in [5.74, 6) is 0. The van der Waals surface area contributed by atoms with E-state index in [4.69, 9.17) is 0 Å². The van der Waals surface area contributed by atoms with E-state index in [1.807, 2.05) is 6.92 Å². The summed E-state index contributed by atoms with van der Waals surface area (Å²) in [7, 11) is 0. The van der Waals surface area contributed by atoms with Gasteiger partial charge in [-0.25, -0.2) is 0 Å². The number of hydrogen-bond donors (Lipinski definition) is 0. The minimum atomic E-state index is -4.92. The standard InChI is InChI=1S/C10H11BF3N2/c1-2-5-16-10-4-3-9(11(12,13)14)6-8(10)7-15-16/h3-4,6-7H,2,5H2,1H3/q-1. The first kappa shape index (κ1) is 11.0. The van der Waals surface area contributed by atoms with Gasteiger partial charge in [0, 0.05) is 11.9 Å². The van der Waals surface area contributed by atoms with Crippen molar-refractivity contribution in [1.29, 1.82) is 0 Å². The molecule has 6 heteroatoms. The van der Waals surface area contributed by atoms with Crippen molar-refractivity contribution in [3.8, 4) is 0 Å². The molecule has 0 saturated heterocycles. The minimum Gasteiger partial charge on any atom is -0.445 e. The van der Waals surface area contributed by atoms with E-state index in [2.05, 4.69) is 5.10 Å². The van der Waals surface area contributed by atoms with Crippen molar-refractivity contribution in [1.82, 2.24) is 9.78 Å². The Morgan fingerprint density at radius 3 is 2.69 bits per heavy atom. The molecule has 2 aromatic rings. The van der Waals surface area contributed by atoms with Gasteiger partial charge in [-0.15, -0.1) is 5.46 Å². The van der Waals surface area contributed by atoms with E-state index < -0.39 is 12.4 Å². The maximum atomic E-state index is 12.5. The van der Waals surface area contributed by atoms with Crippen LogP contribution in [-0.4, -0.2) is 16.8 Å². The highest BCUT2D eigenvalue weighted by atomic mass is 19.4. The summed E-state index contributed by atoms with van der Waals surface area (Å²) in [5.41, 5.74) is 0.189. The summed E-state index contributed by atoms with van der Waals surface area (Å²) in [6.45, 7) is -2.20. The van der Waals surface area contributed by atoms with Crippen LogP contribution in [0, 0.1) is 0 Å². The van der Waals surface area contributed by atoms with Crippen molar-refractivity contribution < 1.29 is 12.9 Å². The number of hydrogen-bond acceptors (Lipinski definition) is 1. The molecule has 0 aliphatic rings. The molecule has 0 aliphatic heterocycles. The van der Waals surface area contributed by atoms with Crippen LogP contribution in [0.25, 0.3) is 10.9 Å². The second-order valence-corrected chi connectivity index (χ2v) is 3.76. The lowest BCUT2D eigenvalue weighted by Gasteiger charge is -2.14. The maximum Gasteiger partial charge on any atom is 0.509 e. The molecule has 0 N–H and O–H groups in total. The molecule has 0 fully saturated rings. The number of nitrogens with zero attached hydrogens (tertiary/aromatic N) is 2. The number of aryl methyl sites for hydroxylation is 1. The summed E-state index contributed by atoms with van der Waals surface area (Å²) in [4.78, 5) is 0. The molecule has 1 aromatic heterocycles. The lowest BCUT2D eigenvalue weighted by Crippen LogP contribution is -2.33. The molecule has 86 valence electrons. The Morgan fingerprint density at radius 2 is 2.06 bits per heavy atom. The first-order valence-corrected chi connectivity index (χ1v) is 5.18. The van der Waals surface area contributed by atoms with Crippen LogP contribution in [0.2, 0.25) is 0 Å². The van der Waals surface area contributed by atoms with Crippen molar-refractivity contribution in [2.45, 2.75) is 19.9 Å². The van der Waals surface area contributed by atoms with E-state index in [9.17, 15) is 12.9 Å². The Hall–Kier alpha value is -1.46. The second kappa shape index (κ2) is 3.85. The third kappa shape index (κ3) is 1.92. The van der Waals surface area contributed by atoms with Crippen molar-refractivity contribution in [3.05, 3.63) is 24.4 Å². The van der Waals surface area contributed by atoms with Gasteiger partial charge in [0.05, 0.1) is 11.7 Å². The molecular weight excluding hydrogens is 216 g/mol. The Bertz CT molecular complexity index is 504. The third-order valence-corrected chi connectivity index (χ3v) is 2.48. The topological polar surface area (TPSA) is 17.8 Å². The van der Waals surface area contributed by atoms with Crippen LogP contribution in [0.1, 0.15) is 13.3 Å². The van der Waals surface area contributed by atoms with Gasteiger partial charge in [0.1, 0.15) is 0 Å². The largest absolute Gasteiger partial charge is 0.509 e. The van der Waals surface area contributed by atoms with E-state index in [0.717, 1.165) is 30.6 Å². The van der Waals surface area contributed by atoms with Crippen molar-refractivity contribution in [2.75, 3.05) is 0 Å². The SMILES string of the molecule is CCCn1ncc2cc([B-](F)(F)F)ccc21. The lowest BCUT2D eigenvalue weighted by atomic mass is 9.80. The molecule has 0 amide bonds. The predicted octanol–water partition coefficient (Wildman–Crippen LogP) is 2.50. The molecule has 16 heavy (non-hydrogen) atoms. The van der Waals surface area contributed by atoms with Crippen LogP contribution < -0.4 is 5.46 Å². The molecule has 2 nitrogen and oxygen atoms in total. The first-order chi connectivity index (χ1) is 7.52. The van der Waals surface area contributed by atoms with Crippen LogP contribution in [-0.2, 0) is 6.54 Å². The van der Waals surface area contributed by atoms with Gasteiger partial charge in [-0.05, 0) is 12.5 Å². The van der Waals surface area contributed by atoms with E-state index in [0.29, 0.717) is 5.39 Å². The Kier molecular flexibility index (Phi) is 2.65. The highest BCUT2D eigenvalue weighted by molar-refractivity contribution is 6.73. The molecule has 0 spiro atoms. The summed E-state index contributed by atoms with van der Waals surface area (Å²) >= 11 is 0. The van der Waals surface area contributed by atoms with Crippen LogP contribution in [0.5, 0.6) is 0 Å². The highest BCUT2D eigenvalue weighted by Crippen LogP contribution is 2.16. The fourth-order valence-corrected chi connectivity index (χ4v) is 1.70. The van der Waals surface area contributed by atoms with Crippen LogP contribution >= 0.6 is 0 Å². The lowest BCUT2D eigenvalue weighted by molar-refractivity contribution is 0.501. The zero-order valence-electron chi connectivity index (χ0n) is 8.83. The van der Waals surface area contributed by atoms with Crippen molar-refractivity contribution >= 4 is 23.3 Å². The number of benzene rings is 1. The third-order valence-electron chi connectivity index (χ3n) is 2.48. The number of rotatable bonds is 3. The summed E-state index contributed by atoms with van der Waals surface area (Å²) in [6, 6.07) is 3.77. The monoisotopic (exact) mass is 227 g/mol. The van der Waals surface area contributed by atoms with Gasteiger partial charge in [0.25, 0.3) is 0 Å². The van der Waals surface area contributed by atoms with E-state index in [1.54, 1.807) is 4.68 Å². The fraction of sp³-hybridized carbons (Fsp3) is 0.300. The Balaban J connectivity index is 2.49. The van der Waals surface area contributed by atoms with E-state index in [-0.39, 0.29) is 0 Å². The number of aromatic nitrogens is 2. The van der Waals surface area contributed by atoms with E-state index in [1.165, 1.54) is 12.3 Å². The van der Waals surface area contributed by atoms with Crippen LogP contribution in [0.15, 0.2) is 24.4 Å². The Morgan fingerprint density at radius 1 is 1.31 bits per heavy atom. The van der Waals surface area contributed by atoms with Crippen LogP contribution in [0.3, 0.4) is 0 Å². The molecular formula is C10H11BF3N2-. The predicted molar refractivity (Wildman–Crippen MR) is 58.7 cm³/mol. The van der Waals surface area contributed by atoms with Gasteiger partial charge in [-0.2, -0.15) is 5.10 Å². The van der Waals surface area contributed by atoms with Gasteiger partial charge >= 0.3 is 6.98 Å². The van der Waals surface area contributed by atoms with Crippen molar-refractivity contribution in [3.63, 3.8) is 0 Å². The molecule has 2 rings (SSSR count). The van der Waals surface area contributed by atoms with Gasteiger partial charge in [0.15, 0.2) is 0 Å². The number of halogens is 3. The molecule has 0 bridgehead atoms. The average molecular weight is 227 g/mol. The van der Waals surface area contributed by atoms with Crippen LogP contribution in [0.4, 0.5) is 12.9 Å². The van der Waals surface area contributed by atoms with E-state index >= 15 is 0 Å². The quantitative estimate of drug-likeness (QED) is 0.736. The normalized spacial score (nSPS) is 12.2. The van der Waals surface area contributed by atoms with Gasteiger partial charge in [0.2, 0.25) is 0 Å². The molecule has 0 radical (unpaired) electrons. The highest BCUT2D eigenvalue weighted by Gasteiger charge is 2.25. The van der Waals surface area contributed by atoms with Crippen molar-refractivity contribution in [2.24, 2.45) is 0 Å². The molecule has 0 saturated carbocycles. The molecule has 0 unspecified atom stereocenters. The molecule has 1 aromatic carbocycles. The minimum absolute atomic E-state index is 0.546. The summed E-state index contributed by atoms with van der Waals surface area (Å²) in [6.07, 6.45) is 2.39. The van der Waals surface area contributed by atoms with Gasteiger partial charge in [-0.3, -0.25) is 4.68 Å². The zero-order chi connectivity index (χ0) is 11.8. The maximum absolute atomic E-state index is 12.5. The zero-order valence-corrected chi connectivity index (χ0v) is 8.83. The fourth-order valence-electron chi connectivity index (χ4n) is 1.70. The molecule has 0 aliphatic carbocycles. The second-order valence-electron chi connectivity index (χ2n) is 3.76. The molecule has 1 heterocycles. The first-order valence-electron chi connectivity index (χ1n) is 5.18. The number of fused-ring (bicyclic) bond motifs is 1. The molecule has 0 atom stereocenters. The summed E-state index contributed by atoms with van der Waals surface area (Å²) in [5, 5.41) is 4.61. The van der Waals surface area contributed by atoms with Gasteiger partial charge < -0.3 is 12.9 Å². The van der Waals surface area contributed by atoms with Gasteiger partial charge in [-0.1, -0.05) is 19.1 Å². The smallest absolute Gasteiger partial charge is 0.445 e. The average Bonchev–Trinajstić information content (AvgIpc) is 2.60. The Labute approximate surface area is 91.1 Å². The summed E-state index contributed by atoms with van der Waals surface area (Å²) < 4.78 is 39.2.